The van der Waals surface area contributed by atoms with Crippen LogP contribution in [0.25, 0.3) is 0 Å². The Morgan fingerprint density at radius 1 is 1.26 bits per heavy atom. The highest BCUT2D eigenvalue weighted by atomic mass is 16.6. The SMILES string of the molecule is CCCNC(=NCc1ccc([N+](=O)[O-])cc1)NC1CCOc2ccccc21. The molecule has 0 bridgehead atoms. The molecule has 1 heterocycles. The fraction of sp³-hybridized carbons (Fsp3) is 0.350. The lowest BCUT2D eigenvalue weighted by molar-refractivity contribution is -0.384. The second kappa shape index (κ2) is 9.02. The third-order valence-electron chi connectivity index (χ3n) is 4.38. The summed E-state index contributed by atoms with van der Waals surface area (Å²) in [6.45, 7) is 4.03. The monoisotopic (exact) mass is 368 g/mol. The van der Waals surface area contributed by atoms with E-state index in [4.69, 9.17) is 4.74 Å². The molecule has 7 heteroatoms. The van der Waals surface area contributed by atoms with Crippen LogP contribution in [0.2, 0.25) is 0 Å². The number of fused-ring (bicyclic) bond motifs is 1. The van der Waals surface area contributed by atoms with Crippen LogP contribution in [0.4, 0.5) is 5.69 Å². The molecule has 1 unspecified atom stereocenters. The van der Waals surface area contributed by atoms with Crippen molar-refractivity contribution in [2.75, 3.05) is 13.2 Å². The number of nitrogens with one attached hydrogen (secondary N) is 2. The van der Waals surface area contributed by atoms with Crippen molar-refractivity contribution in [1.29, 1.82) is 0 Å². The van der Waals surface area contributed by atoms with E-state index in [0.717, 1.165) is 42.2 Å². The summed E-state index contributed by atoms with van der Waals surface area (Å²) in [5.74, 6) is 1.64. The van der Waals surface area contributed by atoms with Gasteiger partial charge in [0.1, 0.15) is 5.75 Å². The van der Waals surface area contributed by atoms with Crippen LogP contribution in [-0.4, -0.2) is 24.0 Å². The highest BCUT2D eigenvalue weighted by molar-refractivity contribution is 5.80. The van der Waals surface area contributed by atoms with Gasteiger partial charge in [0.05, 0.1) is 24.1 Å². The van der Waals surface area contributed by atoms with E-state index in [9.17, 15) is 10.1 Å². The predicted molar refractivity (Wildman–Crippen MR) is 105 cm³/mol. The molecule has 2 aromatic rings. The first-order chi connectivity index (χ1) is 13.2. The summed E-state index contributed by atoms with van der Waals surface area (Å²) in [6.07, 6.45) is 1.85. The van der Waals surface area contributed by atoms with Crippen molar-refractivity contribution in [3.05, 3.63) is 69.8 Å². The fourth-order valence-corrected chi connectivity index (χ4v) is 2.95. The summed E-state index contributed by atoms with van der Waals surface area (Å²) in [5, 5.41) is 17.6. The Labute approximate surface area is 158 Å². The Bertz CT molecular complexity index is 805. The number of nitro benzene ring substituents is 1. The maximum absolute atomic E-state index is 10.8. The number of guanidine groups is 1. The third kappa shape index (κ3) is 4.97. The van der Waals surface area contributed by atoms with Crippen LogP contribution >= 0.6 is 0 Å². The number of hydrogen-bond acceptors (Lipinski definition) is 4. The van der Waals surface area contributed by atoms with Crippen LogP contribution in [-0.2, 0) is 6.54 Å². The van der Waals surface area contributed by atoms with Gasteiger partial charge in [-0.25, -0.2) is 4.99 Å². The van der Waals surface area contributed by atoms with Crippen molar-refractivity contribution >= 4 is 11.6 Å². The van der Waals surface area contributed by atoms with Crippen molar-refractivity contribution in [3.63, 3.8) is 0 Å². The van der Waals surface area contributed by atoms with Gasteiger partial charge in [-0.1, -0.05) is 37.3 Å². The minimum Gasteiger partial charge on any atom is -0.493 e. The van der Waals surface area contributed by atoms with Gasteiger partial charge in [0, 0.05) is 30.7 Å². The van der Waals surface area contributed by atoms with E-state index >= 15 is 0 Å². The van der Waals surface area contributed by atoms with Crippen LogP contribution < -0.4 is 15.4 Å². The molecule has 2 aromatic carbocycles. The summed E-state index contributed by atoms with van der Waals surface area (Å²) in [6, 6.07) is 14.7. The molecule has 0 radical (unpaired) electrons. The lowest BCUT2D eigenvalue weighted by Gasteiger charge is -2.28. The third-order valence-corrected chi connectivity index (χ3v) is 4.38. The summed E-state index contributed by atoms with van der Waals surface area (Å²) >= 11 is 0. The van der Waals surface area contributed by atoms with E-state index < -0.39 is 4.92 Å². The molecule has 0 aromatic heterocycles. The number of hydrogen-bond donors (Lipinski definition) is 2. The average molecular weight is 368 g/mol. The topological polar surface area (TPSA) is 88.8 Å². The summed E-state index contributed by atoms with van der Waals surface area (Å²) in [4.78, 5) is 15.0. The zero-order chi connectivity index (χ0) is 19.1. The molecule has 1 aliphatic rings. The van der Waals surface area contributed by atoms with Crippen LogP contribution in [0.5, 0.6) is 5.75 Å². The second-order valence-corrected chi connectivity index (χ2v) is 6.39. The molecule has 0 saturated carbocycles. The number of ether oxygens (including phenoxy) is 1. The van der Waals surface area contributed by atoms with Crippen molar-refractivity contribution in [2.45, 2.75) is 32.4 Å². The molecule has 0 amide bonds. The van der Waals surface area contributed by atoms with Gasteiger partial charge in [-0.3, -0.25) is 10.1 Å². The van der Waals surface area contributed by atoms with E-state index in [1.807, 2.05) is 18.2 Å². The number of para-hydroxylation sites is 1. The number of aliphatic imine (C=N–C) groups is 1. The summed E-state index contributed by atoms with van der Waals surface area (Å²) < 4.78 is 5.72. The quantitative estimate of drug-likeness (QED) is 0.352. The first-order valence-corrected chi connectivity index (χ1v) is 9.17. The molecule has 2 N–H and O–H groups in total. The molecular weight excluding hydrogens is 344 g/mol. The van der Waals surface area contributed by atoms with Crippen molar-refractivity contribution in [2.24, 2.45) is 4.99 Å². The molecule has 0 spiro atoms. The molecule has 0 fully saturated rings. The van der Waals surface area contributed by atoms with Crippen molar-refractivity contribution in [1.82, 2.24) is 10.6 Å². The minimum atomic E-state index is -0.397. The van der Waals surface area contributed by atoms with Gasteiger partial charge < -0.3 is 15.4 Å². The number of nitro groups is 1. The highest BCUT2D eigenvalue weighted by Crippen LogP contribution is 2.31. The lowest BCUT2D eigenvalue weighted by Crippen LogP contribution is -2.41. The molecule has 142 valence electrons. The van der Waals surface area contributed by atoms with Crippen molar-refractivity contribution < 1.29 is 9.66 Å². The second-order valence-electron chi connectivity index (χ2n) is 6.39. The summed E-state index contributed by atoms with van der Waals surface area (Å²) in [7, 11) is 0. The van der Waals surface area contributed by atoms with Gasteiger partial charge in [0.2, 0.25) is 0 Å². The van der Waals surface area contributed by atoms with E-state index in [1.165, 1.54) is 12.1 Å². The molecule has 1 atom stereocenters. The van der Waals surface area contributed by atoms with Crippen LogP contribution in [0, 0.1) is 10.1 Å². The van der Waals surface area contributed by atoms with Crippen molar-refractivity contribution in [3.8, 4) is 5.75 Å². The molecule has 0 saturated heterocycles. The molecular formula is C20H24N4O3. The van der Waals surface area contributed by atoms with Gasteiger partial charge in [-0.2, -0.15) is 0 Å². The lowest BCUT2D eigenvalue weighted by atomic mass is 10.0. The molecule has 1 aliphatic heterocycles. The molecule has 3 rings (SSSR count). The molecule has 7 nitrogen and oxygen atoms in total. The molecule has 0 aliphatic carbocycles. The number of non-ortho nitro benzene ring substituents is 1. The Morgan fingerprint density at radius 2 is 2.04 bits per heavy atom. The Hall–Kier alpha value is -3.09. The normalized spacial score (nSPS) is 16.2. The van der Waals surface area contributed by atoms with E-state index in [0.29, 0.717) is 13.2 Å². The number of nitrogens with zero attached hydrogens (tertiary/aromatic N) is 2. The zero-order valence-electron chi connectivity index (χ0n) is 15.4. The van der Waals surface area contributed by atoms with Gasteiger partial charge in [0.15, 0.2) is 5.96 Å². The predicted octanol–water partition coefficient (Wildman–Crippen LogP) is 3.56. The Balaban J connectivity index is 1.72. The zero-order valence-corrected chi connectivity index (χ0v) is 15.4. The van der Waals surface area contributed by atoms with Gasteiger partial charge in [0.25, 0.3) is 5.69 Å². The van der Waals surface area contributed by atoms with Crippen LogP contribution in [0.3, 0.4) is 0 Å². The van der Waals surface area contributed by atoms with Gasteiger partial charge >= 0.3 is 0 Å². The maximum Gasteiger partial charge on any atom is 0.269 e. The first kappa shape index (κ1) is 18.7. The van der Waals surface area contributed by atoms with E-state index in [-0.39, 0.29) is 11.7 Å². The maximum atomic E-state index is 10.8. The Kier molecular flexibility index (Phi) is 6.25. The fourth-order valence-electron chi connectivity index (χ4n) is 2.95. The minimum absolute atomic E-state index is 0.0870. The number of rotatable bonds is 6. The smallest absolute Gasteiger partial charge is 0.269 e. The summed E-state index contributed by atoms with van der Waals surface area (Å²) in [5.41, 5.74) is 2.14. The largest absolute Gasteiger partial charge is 0.493 e. The first-order valence-electron chi connectivity index (χ1n) is 9.17. The van der Waals surface area contributed by atoms with E-state index in [1.54, 1.807) is 12.1 Å². The highest BCUT2D eigenvalue weighted by Gasteiger charge is 2.21. The number of benzene rings is 2. The van der Waals surface area contributed by atoms with Crippen LogP contribution in [0.15, 0.2) is 53.5 Å². The van der Waals surface area contributed by atoms with Gasteiger partial charge in [-0.15, -0.1) is 0 Å². The molecule has 27 heavy (non-hydrogen) atoms. The standard InChI is InChI=1S/C20H24N4O3/c1-2-12-21-20(22-14-15-7-9-16(10-8-15)24(25)26)23-18-11-13-27-19-6-4-3-5-17(18)19/h3-10,18H,2,11-14H2,1H3,(H2,21,22,23). The van der Waals surface area contributed by atoms with E-state index in [2.05, 4.69) is 28.6 Å². The Morgan fingerprint density at radius 3 is 2.78 bits per heavy atom. The van der Waals surface area contributed by atoms with Crippen LogP contribution in [0.1, 0.15) is 36.9 Å². The van der Waals surface area contributed by atoms with Gasteiger partial charge in [-0.05, 0) is 18.1 Å². The average Bonchev–Trinajstić information content (AvgIpc) is 2.70.